The number of nitrogens with zero attached hydrogens (tertiary/aromatic N) is 2. The van der Waals surface area contributed by atoms with Crippen LogP contribution in [0, 0.1) is 6.92 Å². The van der Waals surface area contributed by atoms with Crippen molar-refractivity contribution in [3.8, 4) is 5.75 Å². The number of hydrogen-bond donors (Lipinski definition) is 0. The number of thiazole rings is 1. The van der Waals surface area contributed by atoms with Crippen LogP contribution in [0.5, 0.6) is 5.75 Å². The van der Waals surface area contributed by atoms with Gasteiger partial charge < -0.3 is 14.2 Å². The maximum atomic E-state index is 13.0. The molecule has 2 heterocycles. The normalized spacial score (nSPS) is 18.6. The summed E-state index contributed by atoms with van der Waals surface area (Å²) < 4.78 is 54.6. The van der Waals surface area contributed by atoms with E-state index < -0.39 is 23.3 Å². The first kappa shape index (κ1) is 23.5. The molecule has 2 unspecified atom stereocenters. The smallest absolute Gasteiger partial charge is 0.443 e. The number of rotatable bonds is 7. The highest BCUT2D eigenvalue weighted by Crippen LogP contribution is 2.37. The van der Waals surface area contributed by atoms with Gasteiger partial charge in [-0.3, -0.25) is 4.90 Å². The second-order valence-electron chi connectivity index (χ2n) is 7.37. The maximum Gasteiger partial charge on any atom is 0.443 e. The Hall–Kier alpha value is -2.17. The van der Waals surface area contributed by atoms with Crippen LogP contribution in [0.3, 0.4) is 0 Å². The number of benzene rings is 1. The van der Waals surface area contributed by atoms with Gasteiger partial charge in [-0.2, -0.15) is 13.2 Å². The van der Waals surface area contributed by atoms with Crippen molar-refractivity contribution in [1.82, 2.24) is 9.88 Å². The average molecular weight is 459 g/mol. The number of methoxy groups -OCH3 is 1. The van der Waals surface area contributed by atoms with E-state index in [0.29, 0.717) is 47.4 Å². The number of alkyl halides is 3. The van der Waals surface area contributed by atoms with Crippen LogP contribution in [0.15, 0.2) is 24.3 Å². The molecule has 31 heavy (non-hydrogen) atoms. The van der Waals surface area contributed by atoms with Crippen LogP contribution >= 0.6 is 11.3 Å². The lowest BCUT2D eigenvalue weighted by Gasteiger charge is -2.36. The fourth-order valence-corrected chi connectivity index (χ4v) is 4.29. The van der Waals surface area contributed by atoms with Gasteiger partial charge in [0.25, 0.3) is 0 Å². The molecule has 1 aromatic carbocycles. The van der Waals surface area contributed by atoms with Crippen LogP contribution in [-0.2, 0) is 26.9 Å². The van der Waals surface area contributed by atoms with Crippen LogP contribution in [0.4, 0.5) is 13.2 Å². The molecule has 1 saturated heterocycles. The molecule has 1 fully saturated rings. The van der Waals surface area contributed by atoms with Gasteiger partial charge in [0.2, 0.25) is 0 Å². The molecule has 0 aliphatic carbocycles. The highest BCUT2D eigenvalue weighted by Gasteiger charge is 2.37. The molecule has 6 nitrogen and oxygen atoms in total. The molecular formula is C21H25F3N2O4S. The second-order valence-corrected chi connectivity index (χ2v) is 8.58. The molecule has 170 valence electrons. The molecule has 1 aromatic heterocycles. The Kier molecular flexibility index (Phi) is 7.55. The molecule has 0 radical (unpaired) electrons. The first-order valence-electron chi connectivity index (χ1n) is 9.86. The van der Waals surface area contributed by atoms with Gasteiger partial charge in [0.15, 0.2) is 11.6 Å². The van der Waals surface area contributed by atoms with E-state index in [9.17, 15) is 18.0 Å². The van der Waals surface area contributed by atoms with Crippen molar-refractivity contribution < 1.29 is 32.2 Å². The fourth-order valence-electron chi connectivity index (χ4n) is 3.46. The molecule has 0 amide bonds. The van der Waals surface area contributed by atoms with Crippen molar-refractivity contribution in [2.75, 3.05) is 33.4 Å². The van der Waals surface area contributed by atoms with Crippen LogP contribution in [0.1, 0.15) is 34.2 Å². The van der Waals surface area contributed by atoms with Gasteiger partial charge in [-0.05, 0) is 38.0 Å². The Morgan fingerprint density at radius 1 is 1.35 bits per heavy atom. The minimum atomic E-state index is -4.44. The monoisotopic (exact) mass is 458 g/mol. The zero-order chi connectivity index (χ0) is 22.6. The van der Waals surface area contributed by atoms with E-state index >= 15 is 0 Å². The summed E-state index contributed by atoms with van der Waals surface area (Å²) in [6.07, 6.45) is -4.16. The lowest BCUT2D eigenvalue weighted by molar-refractivity contribution is -0.143. The first-order valence-corrected chi connectivity index (χ1v) is 10.7. The summed E-state index contributed by atoms with van der Waals surface area (Å²) in [5.41, 5.74) is 1.46. The fraction of sp³-hybridized carbons (Fsp3) is 0.524. The van der Waals surface area contributed by atoms with E-state index in [4.69, 9.17) is 9.47 Å². The van der Waals surface area contributed by atoms with Crippen molar-refractivity contribution in [3.05, 3.63) is 45.4 Å². The molecule has 2 atom stereocenters. The topological polar surface area (TPSA) is 60.9 Å². The Balaban J connectivity index is 1.59. The lowest BCUT2D eigenvalue weighted by Crippen LogP contribution is -2.44. The summed E-state index contributed by atoms with van der Waals surface area (Å²) in [4.78, 5) is 17.7. The number of morpholine rings is 1. The van der Waals surface area contributed by atoms with Crippen LogP contribution in [0.25, 0.3) is 0 Å². The van der Waals surface area contributed by atoms with E-state index in [-0.39, 0.29) is 12.6 Å². The summed E-state index contributed by atoms with van der Waals surface area (Å²) >= 11 is 0.660. The SMILES string of the molecule is COC(=O)COc1ccc(CC(C)N2CCOC(c3nc(C(F)(F)F)sc3C)C2)cc1. The summed E-state index contributed by atoms with van der Waals surface area (Å²) in [7, 11) is 1.30. The largest absolute Gasteiger partial charge is 0.482 e. The Morgan fingerprint density at radius 3 is 2.68 bits per heavy atom. The molecule has 0 saturated carbocycles. The first-order chi connectivity index (χ1) is 14.7. The standard InChI is InChI=1S/C21H25F3N2O4S/c1-13(10-15-4-6-16(7-5-15)30-12-18(27)28-3)26-8-9-29-17(11-26)19-14(2)31-20(25-19)21(22,23)24/h4-7,13,17H,8-12H2,1-3H3. The maximum absolute atomic E-state index is 13.0. The number of carbonyl (C=O) groups is 1. The lowest BCUT2D eigenvalue weighted by atomic mass is 10.0. The van der Waals surface area contributed by atoms with E-state index in [1.165, 1.54) is 7.11 Å². The summed E-state index contributed by atoms with van der Waals surface area (Å²) in [6, 6.07) is 7.62. The minimum absolute atomic E-state index is 0.145. The van der Waals surface area contributed by atoms with Crippen LogP contribution in [0.2, 0.25) is 0 Å². The molecule has 0 spiro atoms. The Bertz CT molecular complexity index is 886. The highest BCUT2D eigenvalue weighted by atomic mass is 32.1. The van der Waals surface area contributed by atoms with Crippen molar-refractivity contribution >= 4 is 17.3 Å². The second kappa shape index (κ2) is 9.97. The van der Waals surface area contributed by atoms with Gasteiger partial charge in [0, 0.05) is 24.0 Å². The molecule has 0 bridgehead atoms. The quantitative estimate of drug-likeness (QED) is 0.584. The van der Waals surface area contributed by atoms with Crippen molar-refractivity contribution in [2.24, 2.45) is 0 Å². The molecular weight excluding hydrogens is 433 g/mol. The molecule has 10 heteroatoms. The third-order valence-electron chi connectivity index (χ3n) is 5.14. The van der Waals surface area contributed by atoms with Crippen LogP contribution < -0.4 is 4.74 Å². The number of aromatic nitrogens is 1. The third kappa shape index (κ3) is 6.18. The van der Waals surface area contributed by atoms with Crippen molar-refractivity contribution in [3.63, 3.8) is 0 Å². The molecule has 1 aliphatic heterocycles. The number of esters is 1. The molecule has 2 aromatic rings. The molecule has 0 N–H and O–H groups in total. The number of hydrogen-bond acceptors (Lipinski definition) is 7. The molecule has 1 aliphatic rings. The van der Waals surface area contributed by atoms with Gasteiger partial charge >= 0.3 is 12.1 Å². The van der Waals surface area contributed by atoms with E-state index in [0.717, 1.165) is 12.0 Å². The van der Waals surface area contributed by atoms with E-state index in [1.54, 1.807) is 19.1 Å². The summed E-state index contributed by atoms with van der Waals surface area (Å²) in [5, 5.41) is -0.830. The highest BCUT2D eigenvalue weighted by molar-refractivity contribution is 7.11. The Morgan fingerprint density at radius 2 is 2.06 bits per heavy atom. The predicted octanol–water partition coefficient (Wildman–Crippen LogP) is 4.03. The van der Waals surface area contributed by atoms with Gasteiger partial charge in [-0.1, -0.05) is 12.1 Å². The Labute approximate surface area is 182 Å². The van der Waals surface area contributed by atoms with Crippen LogP contribution in [-0.4, -0.2) is 55.3 Å². The van der Waals surface area contributed by atoms with E-state index in [1.807, 2.05) is 12.1 Å². The number of halogens is 3. The van der Waals surface area contributed by atoms with Crippen molar-refractivity contribution in [2.45, 2.75) is 38.6 Å². The van der Waals surface area contributed by atoms with Gasteiger partial charge in [-0.15, -0.1) is 11.3 Å². The number of aryl methyl sites for hydroxylation is 1. The zero-order valence-corrected chi connectivity index (χ0v) is 18.4. The number of ether oxygens (including phenoxy) is 3. The molecule has 3 rings (SSSR count). The van der Waals surface area contributed by atoms with E-state index in [2.05, 4.69) is 21.5 Å². The predicted molar refractivity (Wildman–Crippen MR) is 109 cm³/mol. The summed E-state index contributed by atoms with van der Waals surface area (Å²) in [5.74, 6) is 0.130. The third-order valence-corrected chi connectivity index (χ3v) is 6.17. The van der Waals surface area contributed by atoms with Crippen molar-refractivity contribution in [1.29, 1.82) is 0 Å². The summed E-state index contributed by atoms with van der Waals surface area (Å²) in [6.45, 7) is 5.22. The van der Waals surface area contributed by atoms with Gasteiger partial charge in [0.1, 0.15) is 11.9 Å². The zero-order valence-electron chi connectivity index (χ0n) is 17.6. The minimum Gasteiger partial charge on any atom is -0.482 e. The number of carbonyl (C=O) groups excluding carboxylic acids is 1. The van der Waals surface area contributed by atoms with Gasteiger partial charge in [-0.25, -0.2) is 9.78 Å². The van der Waals surface area contributed by atoms with Gasteiger partial charge in [0.05, 0.1) is 19.4 Å². The average Bonchev–Trinajstić information content (AvgIpc) is 3.15.